The van der Waals surface area contributed by atoms with Gasteiger partial charge in [0.2, 0.25) is 0 Å². The minimum absolute atomic E-state index is 0.0194. The molecule has 0 heterocycles. The van der Waals surface area contributed by atoms with Crippen LogP contribution >= 0.6 is 24.8 Å². The summed E-state index contributed by atoms with van der Waals surface area (Å²) in [6, 6.07) is 0. The Hall–Kier alpha value is -0.530. The van der Waals surface area contributed by atoms with Crippen molar-refractivity contribution in [2.45, 2.75) is 0 Å². The van der Waals surface area contributed by atoms with Crippen LogP contribution in [0.3, 0.4) is 0 Å². The number of ether oxygens (including phenoxy) is 1. The Kier molecular flexibility index (Phi) is 11.3. The molecule has 0 aliphatic heterocycles. The highest BCUT2D eigenvalue weighted by molar-refractivity contribution is 7.96. The Morgan fingerprint density at radius 3 is 2.09 bits per heavy atom. The number of hydrogen-bond donors (Lipinski definition) is 4. The second kappa shape index (κ2) is 9.47. The van der Waals surface area contributed by atoms with Gasteiger partial charge in [-0.2, -0.15) is 0 Å². The molecule has 0 aromatic heterocycles. The molecule has 0 aliphatic carbocycles. The molecule has 0 aromatic rings. The smallest absolute Gasteiger partial charge is 0.273 e. The quantitative estimate of drug-likeness (QED) is 0.345. The third-order valence-electron chi connectivity index (χ3n) is 0.336. The molecular formula is C4H10N2O3S2. The van der Waals surface area contributed by atoms with Crippen LogP contribution < -0.4 is 11.5 Å². The number of thiocarbonyl (C=S) groups is 1. The van der Waals surface area contributed by atoms with Crippen molar-refractivity contribution in [1.82, 2.24) is 0 Å². The van der Waals surface area contributed by atoms with E-state index in [0.717, 1.165) is 0 Å². The van der Waals surface area contributed by atoms with Crippen LogP contribution in [0.2, 0.25) is 0 Å². The van der Waals surface area contributed by atoms with Gasteiger partial charge in [-0.15, -0.1) is 0 Å². The summed E-state index contributed by atoms with van der Waals surface area (Å²) in [4.78, 5) is 9.09. The van der Waals surface area contributed by atoms with E-state index >= 15 is 0 Å². The molecule has 0 fully saturated rings. The maximum atomic E-state index is 9.09. The monoisotopic (exact) mass is 198 g/mol. The van der Waals surface area contributed by atoms with Crippen molar-refractivity contribution in [2.75, 3.05) is 13.2 Å². The van der Waals surface area contributed by atoms with Crippen molar-refractivity contribution in [3.05, 3.63) is 0 Å². The number of carbonyl (C=O) groups is 1. The van der Waals surface area contributed by atoms with Crippen LogP contribution in [0.4, 0.5) is 4.79 Å². The number of amides is 1. The number of aliphatic hydroxyl groups excluding tert-OH is 1. The fourth-order valence-corrected chi connectivity index (χ4v) is 0.230. The van der Waals surface area contributed by atoms with Gasteiger partial charge in [-0.25, -0.2) is 0 Å². The average Bonchev–Trinajstić information content (AvgIpc) is 1.82. The van der Waals surface area contributed by atoms with Crippen LogP contribution in [0.5, 0.6) is 0 Å². The number of hydrogen-bond acceptors (Lipinski definition) is 4. The van der Waals surface area contributed by atoms with Gasteiger partial charge in [0, 0.05) is 0 Å². The Morgan fingerprint density at radius 1 is 1.64 bits per heavy atom. The first kappa shape index (κ1) is 13.1. The molecule has 0 saturated heterocycles. The minimum Gasteiger partial charge on any atom is -0.469 e. The van der Waals surface area contributed by atoms with Gasteiger partial charge in [-0.05, 0) is 12.2 Å². The van der Waals surface area contributed by atoms with Crippen molar-refractivity contribution in [1.29, 1.82) is 0 Å². The van der Waals surface area contributed by atoms with Crippen LogP contribution in [0.15, 0.2) is 0 Å². The van der Waals surface area contributed by atoms with Gasteiger partial charge >= 0.3 is 0 Å². The second-order valence-corrected chi connectivity index (χ2v) is 2.07. The molecule has 0 atom stereocenters. The van der Waals surface area contributed by atoms with Gasteiger partial charge in [0.15, 0.2) is 0 Å². The molecule has 0 radical (unpaired) electrons. The first-order chi connectivity index (χ1) is 5.00. The molecule has 5 nitrogen and oxygen atoms in total. The number of carbonyl (C=O) groups excluding carboxylic acids is 1. The Labute approximate surface area is 75.1 Å². The predicted molar refractivity (Wildman–Crippen MR) is 48.4 cm³/mol. The normalized spacial score (nSPS) is 7.45. The summed E-state index contributed by atoms with van der Waals surface area (Å²) in [6.07, 6.45) is 0. The summed E-state index contributed by atoms with van der Waals surface area (Å²) in [5.74, 6) is 0. The summed E-state index contributed by atoms with van der Waals surface area (Å²) in [7, 11) is 0. The maximum absolute atomic E-state index is 9.09. The van der Waals surface area contributed by atoms with Gasteiger partial charge in [-0.3, -0.25) is 4.79 Å². The lowest BCUT2D eigenvalue weighted by Crippen LogP contribution is -2.14. The molecule has 5 N–H and O–H groups in total. The molecule has 0 aliphatic rings. The molecule has 11 heavy (non-hydrogen) atoms. The lowest BCUT2D eigenvalue weighted by Gasteiger charge is -1.96. The van der Waals surface area contributed by atoms with E-state index < -0.39 is 5.24 Å². The Morgan fingerprint density at radius 2 is 2.00 bits per heavy atom. The molecule has 0 unspecified atom stereocenters. The van der Waals surface area contributed by atoms with E-state index in [0.29, 0.717) is 0 Å². The average molecular weight is 198 g/mol. The largest absolute Gasteiger partial charge is 0.469 e. The Balaban J connectivity index is 0. The summed E-state index contributed by atoms with van der Waals surface area (Å²) in [5.41, 5.74) is 9.21. The van der Waals surface area contributed by atoms with Crippen LogP contribution in [0, 0.1) is 0 Å². The van der Waals surface area contributed by atoms with Crippen molar-refractivity contribution >= 4 is 35.3 Å². The van der Waals surface area contributed by atoms with Crippen molar-refractivity contribution in [2.24, 2.45) is 11.5 Å². The highest BCUT2D eigenvalue weighted by atomic mass is 32.1. The highest BCUT2D eigenvalue weighted by Gasteiger charge is 1.82. The number of primary amides is 1. The molecule has 66 valence electrons. The lowest BCUT2D eigenvalue weighted by molar-refractivity contribution is 0.195. The van der Waals surface area contributed by atoms with E-state index in [1.54, 1.807) is 0 Å². The summed E-state index contributed by atoms with van der Waals surface area (Å²) in [5, 5.41) is 7.42. The van der Waals surface area contributed by atoms with Gasteiger partial charge in [0.25, 0.3) is 10.4 Å². The van der Waals surface area contributed by atoms with Gasteiger partial charge < -0.3 is 21.3 Å². The minimum atomic E-state index is -0.639. The van der Waals surface area contributed by atoms with Crippen LogP contribution in [0.25, 0.3) is 0 Å². The van der Waals surface area contributed by atoms with E-state index in [4.69, 9.17) is 15.6 Å². The lowest BCUT2D eigenvalue weighted by atomic mass is 10.8. The second-order valence-electron chi connectivity index (χ2n) is 1.23. The van der Waals surface area contributed by atoms with Crippen LogP contribution in [-0.2, 0) is 4.74 Å². The predicted octanol–water partition coefficient (Wildman–Crippen LogP) is -0.766. The van der Waals surface area contributed by atoms with Gasteiger partial charge in [-0.1, -0.05) is 12.6 Å². The highest BCUT2D eigenvalue weighted by Crippen LogP contribution is 1.69. The zero-order valence-electron chi connectivity index (χ0n) is 5.69. The van der Waals surface area contributed by atoms with E-state index in [9.17, 15) is 0 Å². The van der Waals surface area contributed by atoms with E-state index in [-0.39, 0.29) is 18.4 Å². The fraction of sp³-hybridized carbons (Fsp3) is 0.500. The van der Waals surface area contributed by atoms with Gasteiger partial charge in [0.1, 0.15) is 6.61 Å². The van der Waals surface area contributed by atoms with Crippen molar-refractivity contribution < 1.29 is 14.6 Å². The molecule has 1 amide bonds. The molecule has 0 aromatic carbocycles. The van der Waals surface area contributed by atoms with Gasteiger partial charge in [0.05, 0.1) is 6.61 Å². The maximum Gasteiger partial charge on any atom is 0.273 e. The zero-order chi connectivity index (χ0) is 9.28. The topological polar surface area (TPSA) is 98.6 Å². The number of rotatable bonds is 2. The van der Waals surface area contributed by atoms with E-state index in [1.807, 2.05) is 0 Å². The zero-order valence-corrected chi connectivity index (χ0v) is 7.40. The molecule has 0 saturated carbocycles. The first-order valence-electron chi connectivity index (χ1n) is 2.52. The van der Waals surface area contributed by atoms with Crippen LogP contribution in [0.1, 0.15) is 0 Å². The van der Waals surface area contributed by atoms with E-state index in [2.05, 4.69) is 35.3 Å². The van der Waals surface area contributed by atoms with Crippen LogP contribution in [-0.4, -0.2) is 28.7 Å². The molecule has 0 bridgehead atoms. The Bertz CT molecular complexity index is 127. The number of nitrogens with two attached hydrogens (primary N) is 2. The molecule has 7 heteroatoms. The summed E-state index contributed by atoms with van der Waals surface area (Å²) in [6.45, 7) is 0.146. The standard InChI is InChI=1S/C3H7NO2S.CH3NOS/c4-3(7)6-2-1-5;2-1(3)4/h5H,1-2H2,(H2,4,7);(H3,2,3,4). The van der Waals surface area contributed by atoms with Crippen molar-refractivity contribution in [3.63, 3.8) is 0 Å². The first-order valence-corrected chi connectivity index (χ1v) is 3.37. The third-order valence-corrected chi connectivity index (χ3v) is 0.453. The third kappa shape index (κ3) is 43.9. The number of aliphatic hydroxyl groups is 1. The SMILES string of the molecule is NC(=O)S.NC(=S)OCCO. The summed E-state index contributed by atoms with van der Waals surface area (Å²) >= 11 is 7.41. The molecular weight excluding hydrogens is 188 g/mol. The van der Waals surface area contributed by atoms with Crippen molar-refractivity contribution in [3.8, 4) is 0 Å². The molecule has 0 spiro atoms. The fourth-order valence-electron chi connectivity index (χ4n) is 0.146. The molecule has 0 rings (SSSR count). The summed E-state index contributed by atoms with van der Waals surface area (Å²) < 4.78 is 4.45. The van der Waals surface area contributed by atoms with E-state index in [1.165, 1.54) is 0 Å². The number of thiol groups is 1.